The van der Waals surface area contributed by atoms with E-state index in [-0.39, 0.29) is 5.56 Å². The molecule has 14 heavy (non-hydrogen) atoms. The summed E-state index contributed by atoms with van der Waals surface area (Å²) in [5, 5.41) is 10.4. The van der Waals surface area contributed by atoms with E-state index in [1.54, 1.807) is 0 Å². The molecule has 0 aliphatic heterocycles. The van der Waals surface area contributed by atoms with Crippen molar-refractivity contribution >= 4 is 5.97 Å². The van der Waals surface area contributed by atoms with Crippen molar-refractivity contribution < 1.29 is 14.6 Å². The van der Waals surface area contributed by atoms with Crippen LogP contribution in [0, 0.1) is 24.4 Å². The summed E-state index contributed by atoms with van der Waals surface area (Å²) >= 11 is 0. The molecule has 68 valence electrons. The zero-order chi connectivity index (χ0) is 10.4. The van der Waals surface area contributed by atoms with E-state index < -0.39 is 5.97 Å². The maximum atomic E-state index is 10.4. The number of carboxylic acid groups (broad SMARTS) is 1. The highest BCUT2D eigenvalue weighted by Crippen LogP contribution is 2.10. The summed E-state index contributed by atoms with van der Waals surface area (Å²) < 4.78 is 4.86. The fraction of sp³-hybridized carbons (Fsp3) is 0. The second-order valence-electron chi connectivity index (χ2n) is 2.29. The number of rotatable bonds is 2. The zero-order valence-electron chi connectivity index (χ0n) is 7.11. The smallest absolute Gasteiger partial charge is 0.140 e. The van der Waals surface area contributed by atoms with Crippen LogP contribution < -0.4 is 9.84 Å². The molecular formula is C11H5O3-. The van der Waals surface area contributed by atoms with E-state index in [1.165, 1.54) is 24.3 Å². The Bertz CT molecular complexity index is 426. The first kappa shape index (κ1) is 9.70. The molecule has 0 bridgehead atoms. The monoisotopic (exact) mass is 185 g/mol. The molecule has 0 N–H and O–H groups in total. The first-order valence-corrected chi connectivity index (χ1v) is 3.68. The summed E-state index contributed by atoms with van der Waals surface area (Å²) in [5.74, 6) is 3.54. The Morgan fingerprint density at radius 3 is 2.50 bits per heavy atom. The van der Waals surface area contributed by atoms with Gasteiger partial charge in [0, 0.05) is 5.92 Å². The molecule has 1 aromatic rings. The number of carboxylic acids is 1. The topological polar surface area (TPSA) is 49.4 Å². The van der Waals surface area contributed by atoms with E-state index in [1.807, 2.05) is 0 Å². The molecule has 0 aromatic heterocycles. The van der Waals surface area contributed by atoms with E-state index in [0.29, 0.717) is 5.75 Å². The molecule has 0 unspecified atom stereocenters. The molecule has 0 saturated heterocycles. The van der Waals surface area contributed by atoms with Gasteiger partial charge in [0.15, 0.2) is 0 Å². The number of hydrogen-bond acceptors (Lipinski definition) is 3. The van der Waals surface area contributed by atoms with Gasteiger partial charge >= 0.3 is 0 Å². The van der Waals surface area contributed by atoms with E-state index >= 15 is 0 Å². The average molecular weight is 185 g/mol. The molecule has 0 atom stereocenters. The number of aromatic carboxylic acids is 1. The minimum atomic E-state index is -1.23. The van der Waals surface area contributed by atoms with Crippen molar-refractivity contribution in [3.8, 4) is 30.1 Å². The molecule has 3 heteroatoms. The van der Waals surface area contributed by atoms with Crippen LogP contribution in [0.3, 0.4) is 0 Å². The minimum absolute atomic E-state index is 0.0854. The molecule has 0 heterocycles. The standard InChI is InChI=1S/C11H6O3/c1-2-3-8-14-10-6-4-9(5-7-10)11(12)13/h1,4-7H,(H,12,13)/p-1. The Morgan fingerprint density at radius 2 is 2.00 bits per heavy atom. The van der Waals surface area contributed by atoms with Gasteiger partial charge in [-0.3, -0.25) is 0 Å². The number of carbonyl (C=O) groups is 1. The second kappa shape index (κ2) is 4.59. The highest BCUT2D eigenvalue weighted by atomic mass is 16.5. The Balaban J connectivity index is 2.75. The van der Waals surface area contributed by atoms with Gasteiger partial charge in [-0.15, -0.1) is 6.42 Å². The summed E-state index contributed by atoms with van der Waals surface area (Å²) in [7, 11) is 0. The number of hydrogen-bond donors (Lipinski definition) is 0. The van der Waals surface area contributed by atoms with Crippen molar-refractivity contribution in [1.29, 1.82) is 0 Å². The van der Waals surface area contributed by atoms with Crippen molar-refractivity contribution in [2.24, 2.45) is 0 Å². The molecule has 0 aliphatic carbocycles. The number of terminal acetylenes is 1. The maximum Gasteiger partial charge on any atom is 0.140 e. The highest BCUT2D eigenvalue weighted by molar-refractivity contribution is 5.85. The van der Waals surface area contributed by atoms with E-state index in [9.17, 15) is 9.90 Å². The first-order chi connectivity index (χ1) is 6.74. The van der Waals surface area contributed by atoms with Crippen LogP contribution in [0.15, 0.2) is 24.3 Å². The zero-order valence-corrected chi connectivity index (χ0v) is 7.11. The minimum Gasteiger partial charge on any atom is -0.545 e. The van der Waals surface area contributed by atoms with Gasteiger partial charge < -0.3 is 14.6 Å². The molecule has 0 saturated carbocycles. The predicted molar refractivity (Wildman–Crippen MR) is 48.0 cm³/mol. The fourth-order valence-electron chi connectivity index (χ4n) is 0.773. The Labute approximate surface area is 81.3 Å². The van der Waals surface area contributed by atoms with Gasteiger partial charge in [-0.25, -0.2) is 0 Å². The third-order valence-corrected chi connectivity index (χ3v) is 1.38. The summed E-state index contributed by atoms with van der Waals surface area (Å²) in [6, 6.07) is 5.66. The van der Waals surface area contributed by atoms with Crippen LogP contribution in [0.25, 0.3) is 0 Å². The Morgan fingerprint density at radius 1 is 1.36 bits per heavy atom. The molecule has 0 fully saturated rings. The van der Waals surface area contributed by atoms with Gasteiger partial charge in [-0.2, -0.15) is 0 Å². The maximum absolute atomic E-state index is 10.4. The normalized spacial score (nSPS) is 7.93. The summed E-state index contributed by atoms with van der Waals surface area (Å²) in [4.78, 5) is 10.4. The molecule has 0 spiro atoms. The summed E-state index contributed by atoms with van der Waals surface area (Å²) in [6.45, 7) is 0. The summed E-state index contributed by atoms with van der Waals surface area (Å²) in [5.41, 5.74) is 0.0854. The van der Waals surface area contributed by atoms with Crippen molar-refractivity contribution in [1.82, 2.24) is 0 Å². The van der Waals surface area contributed by atoms with Gasteiger partial charge in [-0.1, -0.05) is 0 Å². The van der Waals surface area contributed by atoms with E-state index in [4.69, 9.17) is 11.2 Å². The number of carbonyl (C=O) groups excluding carboxylic acids is 1. The molecule has 0 aliphatic rings. The van der Waals surface area contributed by atoms with Crippen LogP contribution in [0.2, 0.25) is 0 Å². The lowest BCUT2D eigenvalue weighted by atomic mass is 10.2. The van der Waals surface area contributed by atoms with Gasteiger partial charge in [-0.05, 0) is 35.7 Å². The predicted octanol–water partition coefficient (Wildman–Crippen LogP) is 0.0230. The largest absolute Gasteiger partial charge is 0.545 e. The third-order valence-electron chi connectivity index (χ3n) is 1.38. The van der Waals surface area contributed by atoms with Gasteiger partial charge in [0.1, 0.15) is 11.9 Å². The van der Waals surface area contributed by atoms with Gasteiger partial charge in [0.05, 0.1) is 5.97 Å². The van der Waals surface area contributed by atoms with Crippen molar-refractivity contribution in [2.75, 3.05) is 0 Å². The Kier molecular flexibility index (Phi) is 3.18. The van der Waals surface area contributed by atoms with Crippen molar-refractivity contribution in [3.05, 3.63) is 29.8 Å². The van der Waals surface area contributed by atoms with Crippen LogP contribution in [0.4, 0.5) is 0 Å². The molecule has 0 radical (unpaired) electrons. The number of ether oxygens (including phenoxy) is 1. The average Bonchev–Trinajstić information content (AvgIpc) is 2.19. The Hall–Kier alpha value is -2.39. The van der Waals surface area contributed by atoms with Crippen molar-refractivity contribution in [2.45, 2.75) is 0 Å². The SMILES string of the molecule is C#CC#COc1ccc(C(=O)[O-])cc1. The lowest BCUT2D eigenvalue weighted by molar-refractivity contribution is -0.255. The highest BCUT2D eigenvalue weighted by Gasteiger charge is 1.94. The lowest BCUT2D eigenvalue weighted by Crippen LogP contribution is -2.21. The van der Waals surface area contributed by atoms with E-state index in [0.717, 1.165) is 0 Å². The third kappa shape index (κ3) is 2.58. The van der Waals surface area contributed by atoms with Gasteiger partial charge in [0.2, 0.25) is 0 Å². The molecule has 1 aromatic carbocycles. The molecule has 1 rings (SSSR count). The van der Waals surface area contributed by atoms with Crippen LogP contribution in [-0.2, 0) is 0 Å². The fourth-order valence-corrected chi connectivity index (χ4v) is 0.773. The molecule has 3 nitrogen and oxygen atoms in total. The lowest BCUT2D eigenvalue weighted by Gasteiger charge is -2.01. The second-order valence-corrected chi connectivity index (χ2v) is 2.29. The van der Waals surface area contributed by atoms with Crippen LogP contribution in [0.1, 0.15) is 10.4 Å². The summed E-state index contributed by atoms with van der Waals surface area (Å²) in [6.07, 6.45) is 7.12. The number of benzene rings is 1. The van der Waals surface area contributed by atoms with Crippen LogP contribution in [0.5, 0.6) is 5.75 Å². The first-order valence-electron chi connectivity index (χ1n) is 3.68. The molecular weight excluding hydrogens is 180 g/mol. The van der Waals surface area contributed by atoms with Crippen molar-refractivity contribution in [3.63, 3.8) is 0 Å². The van der Waals surface area contributed by atoms with Crippen LogP contribution >= 0.6 is 0 Å². The van der Waals surface area contributed by atoms with Crippen LogP contribution in [-0.4, -0.2) is 5.97 Å². The van der Waals surface area contributed by atoms with Gasteiger partial charge in [0.25, 0.3) is 0 Å². The molecule has 0 amide bonds. The quantitative estimate of drug-likeness (QED) is 0.610. The van der Waals surface area contributed by atoms with E-state index in [2.05, 4.69) is 17.9 Å².